The van der Waals surface area contributed by atoms with E-state index in [2.05, 4.69) is 20.4 Å². The zero-order chi connectivity index (χ0) is 35.4. The highest BCUT2D eigenvalue weighted by molar-refractivity contribution is 8.08. The molecular weight excluding hydrogens is 765 g/mol. The van der Waals surface area contributed by atoms with Gasteiger partial charge in [-0.25, -0.2) is 26.7 Å². The molecule has 3 aliphatic rings. The van der Waals surface area contributed by atoms with Crippen molar-refractivity contribution in [2.45, 2.75) is 87.9 Å². The average Bonchev–Trinajstić information content (AvgIpc) is 3.58. The Morgan fingerprint density at radius 2 is 1.32 bits per heavy atom. The van der Waals surface area contributed by atoms with Gasteiger partial charge in [-0.05, 0) is 25.2 Å². The lowest BCUT2D eigenvalue weighted by molar-refractivity contribution is -0.0433. The molecule has 3 heterocycles. The Kier molecular flexibility index (Phi) is 15.5. The predicted molar refractivity (Wildman–Crippen MR) is 159 cm³/mol. The molecule has 20 nitrogen and oxygen atoms in total. The first-order chi connectivity index (χ1) is 21.5. The summed E-state index contributed by atoms with van der Waals surface area (Å²) in [4.78, 5) is 49.8. The molecule has 47 heavy (non-hydrogen) atoms. The Morgan fingerprint density at radius 1 is 0.787 bits per heavy atom. The Labute approximate surface area is 275 Å². The number of alkyl halides is 1. The van der Waals surface area contributed by atoms with Crippen molar-refractivity contribution in [2.75, 3.05) is 32.7 Å². The molecule has 3 aliphatic heterocycles. The molecule has 3 fully saturated rings. The van der Waals surface area contributed by atoms with Crippen molar-refractivity contribution in [3.05, 3.63) is 0 Å². The van der Waals surface area contributed by atoms with Gasteiger partial charge >= 0.3 is 37.8 Å². The van der Waals surface area contributed by atoms with Gasteiger partial charge in [-0.1, -0.05) is 6.92 Å². The van der Waals surface area contributed by atoms with Crippen LogP contribution in [0.1, 0.15) is 33.1 Å². The molecule has 0 aromatic heterocycles. The van der Waals surface area contributed by atoms with Crippen LogP contribution in [0, 0.1) is 0 Å². The molecular formula is C19H37BFO20P5S. The fourth-order valence-corrected chi connectivity index (χ4v) is 11.1. The van der Waals surface area contributed by atoms with Crippen LogP contribution in [-0.4, -0.2) is 125 Å². The summed E-state index contributed by atoms with van der Waals surface area (Å²) in [5.74, 6) is 0. The van der Waals surface area contributed by atoms with Crippen LogP contribution in [-0.2, 0) is 75.5 Å². The van der Waals surface area contributed by atoms with E-state index >= 15 is 0 Å². The van der Waals surface area contributed by atoms with Crippen molar-refractivity contribution in [3.63, 3.8) is 0 Å². The van der Waals surface area contributed by atoms with Gasteiger partial charge in [0.05, 0.1) is 44.2 Å². The molecule has 0 spiro atoms. The number of phosphoric ester groups is 2. The molecule has 274 valence electrons. The van der Waals surface area contributed by atoms with Gasteiger partial charge in [-0.3, -0.25) is 22.7 Å². The van der Waals surface area contributed by atoms with Crippen molar-refractivity contribution >= 4 is 57.4 Å². The van der Waals surface area contributed by atoms with E-state index < -0.39 is 119 Å². The minimum absolute atomic E-state index is 0.234. The Bertz CT molecular complexity index is 1300. The quantitative estimate of drug-likeness (QED) is 0.0797. The standard InChI is InChI=1S/C19H37BFO20P5S/c1-3-42(23,24)40-45(29,30)41-46(31,47)34-10-18-15(6-19(20)37-18)39-44(27,28)33-9-17-14(5-12(7-21)36-17)38-43(25,26)32-8-16-13(22)4-11(2)35-16/h11-19,22H,3-10H2,1-2H3,(H,23,24)(H,25,26)(H,27,28)(H,29,30)(H,31,47)/t11-,12+,13-,14-,15-,16+,17+,18+,19+,46?/m0/s1. The lowest BCUT2D eigenvalue weighted by Gasteiger charge is -2.25. The molecule has 5 unspecified atom stereocenters. The van der Waals surface area contributed by atoms with Crippen molar-refractivity contribution in [3.8, 4) is 0 Å². The number of hydrogen-bond acceptors (Lipinski definition) is 16. The lowest BCUT2D eigenvalue weighted by Crippen LogP contribution is -2.31. The topological polar surface area (TPSA) is 282 Å². The number of rotatable bonds is 19. The van der Waals surface area contributed by atoms with Crippen molar-refractivity contribution in [1.82, 2.24) is 0 Å². The molecule has 14 atom stereocenters. The minimum Gasteiger partial charge on any atom is -0.390 e. The second-order valence-corrected chi connectivity index (χ2v) is 20.1. The van der Waals surface area contributed by atoms with E-state index in [1.54, 1.807) is 6.92 Å². The monoisotopic (exact) mass is 802 g/mol. The van der Waals surface area contributed by atoms with Crippen LogP contribution < -0.4 is 0 Å². The number of halogens is 1. The Hall–Kier alpha value is 0.925. The molecule has 3 rings (SSSR count). The molecule has 28 heteroatoms. The molecule has 0 aromatic rings. The van der Waals surface area contributed by atoms with E-state index in [-0.39, 0.29) is 18.9 Å². The van der Waals surface area contributed by atoms with E-state index in [4.69, 9.17) is 44.7 Å². The highest BCUT2D eigenvalue weighted by Gasteiger charge is 2.45. The number of aliphatic hydroxyl groups is 1. The van der Waals surface area contributed by atoms with Crippen LogP contribution in [0.5, 0.6) is 0 Å². The predicted octanol–water partition coefficient (Wildman–Crippen LogP) is 1.51. The van der Waals surface area contributed by atoms with E-state index in [0.717, 1.165) is 0 Å². The number of aliphatic hydroxyl groups excluding tert-OH is 1. The highest BCUT2D eigenvalue weighted by atomic mass is 32.5. The van der Waals surface area contributed by atoms with Gasteiger partial charge in [0.15, 0.2) is 0 Å². The van der Waals surface area contributed by atoms with Crippen molar-refractivity contribution < 1.29 is 97.7 Å². The van der Waals surface area contributed by atoms with E-state index in [1.165, 1.54) is 6.92 Å². The number of hydrogen-bond donors (Lipinski definition) is 6. The summed E-state index contributed by atoms with van der Waals surface area (Å²) in [5.41, 5.74) is 0. The maximum absolute atomic E-state index is 13.4. The number of ether oxygens (including phenoxy) is 3. The van der Waals surface area contributed by atoms with Gasteiger partial charge in [-0.2, -0.15) is 0 Å². The first kappa shape index (κ1) is 42.3. The summed E-state index contributed by atoms with van der Waals surface area (Å²) in [7, 11) is -14.1. The molecule has 0 aliphatic carbocycles. The SMILES string of the molecule is [B][C@H]1C[C@H](OP(=O)(O)OC[C@H]2O[C@@H](CF)C[C@@H]2OP(=O)(O)OC[C@H]2O[C@@H](C)C[C@@H]2O)[C@@H](COP(O)(=S)OP(=O)(O)OP(=O)(O)CC)O1. The molecule has 3 saturated heterocycles. The summed E-state index contributed by atoms with van der Waals surface area (Å²) in [6.45, 7) is -4.90. The maximum atomic E-state index is 13.4. The second-order valence-electron chi connectivity index (χ2n) is 10.6. The molecule has 0 saturated carbocycles. The Balaban J connectivity index is 1.54. The zero-order valence-electron chi connectivity index (χ0n) is 24.9. The highest BCUT2D eigenvalue weighted by Crippen LogP contribution is 2.67. The largest absolute Gasteiger partial charge is 0.486 e. The second kappa shape index (κ2) is 17.2. The lowest BCUT2D eigenvalue weighted by atomic mass is 9.96. The molecule has 0 bridgehead atoms. The van der Waals surface area contributed by atoms with Crippen LogP contribution in [0.25, 0.3) is 0 Å². The molecule has 6 N–H and O–H groups in total. The third kappa shape index (κ3) is 14.1. The zero-order valence-corrected chi connectivity index (χ0v) is 30.1. The summed E-state index contributed by atoms with van der Waals surface area (Å²) >= 11 is 4.62. The summed E-state index contributed by atoms with van der Waals surface area (Å²) < 4.78 is 112. The maximum Gasteiger partial charge on any atom is 0.486 e. The van der Waals surface area contributed by atoms with E-state index in [1.807, 2.05) is 0 Å². The normalized spacial score (nSPS) is 37.9. The van der Waals surface area contributed by atoms with Gasteiger partial charge in [-0.15, -0.1) is 0 Å². The summed E-state index contributed by atoms with van der Waals surface area (Å²) in [5, 5.41) is 9.94. The fraction of sp³-hybridized carbons (Fsp3) is 1.00. The fourth-order valence-electron chi connectivity index (χ4n) is 4.54. The van der Waals surface area contributed by atoms with Crippen LogP contribution in [0.15, 0.2) is 0 Å². The Morgan fingerprint density at radius 3 is 1.85 bits per heavy atom. The van der Waals surface area contributed by atoms with Gasteiger partial charge in [0.1, 0.15) is 38.9 Å². The molecule has 0 amide bonds. The first-order valence-electron chi connectivity index (χ1n) is 13.8. The van der Waals surface area contributed by atoms with Gasteiger partial charge in [0.25, 0.3) is 0 Å². The summed E-state index contributed by atoms with van der Waals surface area (Å²) in [6.07, 6.45) is -9.44. The number of phosphoric acid groups is 3. The first-order valence-corrected chi connectivity index (χ1v) is 22.7. The third-order valence-corrected chi connectivity index (χ3v) is 14.4. The minimum atomic E-state index is -5.38. The smallest absolute Gasteiger partial charge is 0.390 e. The van der Waals surface area contributed by atoms with Gasteiger partial charge in [0, 0.05) is 25.0 Å². The van der Waals surface area contributed by atoms with Gasteiger partial charge in [0.2, 0.25) is 0 Å². The van der Waals surface area contributed by atoms with Crippen LogP contribution in [0.3, 0.4) is 0 Å². The third-order valence-electron chi connectivity index (χ3n) is 6.67. The molecule has 2 radical (unpaired) electrons. The van der Waals surface area contributed by atoms with Crippen molar-refractivity contribution in [1.29, 1.82) is 0 Å². The molecule has 0 aromatic carbocycles. The van der Waals surface area contributed by atoms with E-state index in [9.17, 15) is 52.2 Å². The van der Waals surface area contributed by atoms with E-state index in [0.29, 0.717) is 6.42 Å². The van der Waals surface area contributed by atoms with Crippen LogP contribution in [0.2, 0.25) is 0 Å². The van der Waals surface area contributed by atoms with Crippen LogP contribution in [0.4, 0.5) is 4.39 Å². The summed E-state index contributed by atoms with van der Waals surface area (Å²) in [6, 6.07) is -1.10. The van der Waals surface area contributed by atoms with Crippen molar-refractivity contribution in [2.24, 2.45) is 0 Å². The van der Waals surface area contributed by atoms with Gasteiger partial charge < -0.3 is 48.3 Å². The average molecular weight is 802 g/mol. The van der Waals surface area contributed by atoms with Crippen LogP contribution >= 0.6 is 37.8 Å².